The second-order valence-corrected chi connectivity index (χ2v) is 9.64. The van der Waals surface area contributed by atoms with Crippen LogP contribution in [0.1, 0.15) is 49.6 Å². The van der Waals surface area contributed by atoms with Crippen LogP contribution in [0.15, 0.2) is 53.5 Å². The van der Waals surface area contributed by atoms with Gasteiger partial charge in [0.2, 0.25) is 10.0 Å². The molecule has 0 saturated carbocycles. The number of rotatable bonds is 6. The monoisotopic (exact) mass is 464 g/mol. The van der Waals surface area contributed by atoms with Gasteiger partial charge in [0.25, 0.3) is 6.02 Å². The van der Waals surface area contributed by atoms with Gasteiger partial charge >= 0.3 is 5.97 Å². The van der Waals surface area contributed by atoms with Gasteiger partial charge in [-0.15, -0.1) is 0 Å². The molecule has 2 N–H and O–H groups in total. The summed E-state index contributed by atoms with van der Waals surface area (Å²) in [4.78, 5) is 15.4. The maximum absolute atomic E-state index is 14.3. The standard InChI is InChI=1S/C22H25FN2O6S/c1-14(27)30-16-10-8-15(9-11-16)20-22(2,3)31-21(25-32(20,28)29)24-19(12-13-26)17-6-4-5-7-18(17)23/h4-11,19-20,26H,12-13H2,1-3H3,(H,24,25). The number of nitrogens with zero attached hydrogens (tertiary/aromatic N) is 1. The Morgan fingerprint density at radius 3 is 2.47 bits per heavy atom. The minimum Gasteiger partial charge on any atom is -0.457 e. The summed E-state index contributed by atoms with van der Waals surface area (Å²) in [6, 6.07) is 10.9. The number of nitrogens with one attached hydrogen (secondary N) is 1. The van der Waals surface area contributed by atoms with E-state index in [0.717, 1.165) is 0 Å². The maximum Gasteiger partial charge on any atom is 0.308 e. The number of aliphatic hydroxyl groups excluding tert-OH is 1. The number of carbonyl (C=O) groups is 1. The molecule has 0 bridgehead atoms. The maximum atomic E-state index is 14.3. The number of hydrogen-bond donors (Lipinski definition) is 2. The summed E-state index contributed by atoms with van der Waals surface area (Å²) in [5, 5.41) is 8.30. The predicted octanol–water partition coefficient (Wildman–Crippen LogP) is 3.00. The summed E-state index contributed by atoms with van der Waals surface area (Å²) in [5.41, 5.74) is -0.582. The molecule has 0 radical (unpaired) electrons. The molecular weight excluding hydrogens is 439 g/mol. The van der Waals surface area contributed by atoms with Gasteiger partial charge in [-0.05, 0) is 44.0 Å². The van der Waals surface area contributed by atoms with Crippen molar-refractivity contribution in [3.8, 4) is 5.75 Å². The van der Waals surface area contributed by atoms with Gasteiger partial charge in [-0.2, -0.15) is 0 Å². The van der Waals surface area contributed by atoms with Crippen LogP contribution in [-0.2, 0) is 19.6 Å². The zero-order valence-electron chi connectivity index (χ0n) is 17.9. The topological polar surface area (TPSA) is 114 Å². The number of sulfonamides is 1. The van der Waals surface area contributed by atoms with Crippen molar-refractivity contribution in [3.05, 3.63) is 65.5 Å². The van der Waals surface area contributed by atoms with E-state index in [2.05, 4.69) is 9.71 Å². The summed E-state index contributed by atoms with van der Waals surface area (Å²) < 4.78 is 53.7. The number of esters is 1. The molecule has 0 spiro atoms. The van der Waals surface area contributed by atoms with E-state index in [-0.39, 0.29) is 24.6 Å². The zero-order chi connectivity index (χ0) is 23.5. The van der Waals surface area contributed by atoms with E-state index in [1.807, 2.05) is 0 Å². The van der Waals surface area contributed by atoms with E-state index in [4.69, 9.17) is 9.47 Å². The van der Waals surface area contributed by atoms with Gasteiger partial charge < -0.3 is 14.6 Å². The van der Waals surface area contributed by atoms with E-state index < -0.39 is 38.7 Å². The lowest BCUT2D eigenvalue weighted by Gasteiger charge is -2.39. The van der Waals surface area contributed by atoms with Crippen LogP contribution in [0.4, 0.5) is 4.39 Å². The van der Waals surface area contributed by atoms with Crippen molar-refractivity contribution in [1.29, 1.82) is 0 Å². The number of aliphatic hydroxyl groups is 1. The molecule has 0 aliphatic carbocycles. The van der Waals surface area contributed by atoms with Crippen molar-refractivity contribution < 1.29 is 32.2 Å². The van der Waals surface area contributed by atoms with Gasteiger partial charge in [-0.3, -0.25) is 4.79 Å². The fourth-order valence-electron chi connectivity index (χ4n) is 3.69. The summed E-state index contributed by atoms with van der Waals surface area (Å²) in [6.45, 7) is 4.21. The Kier molecular flexibility index (Phi) is 6.85. The van der Waals surface area contributed by atoms with Gasteiger partial charge in [-0.1, -0.05) is 30.3 Å². The van der Waals surface area contributed by atoms with Gasteiger partial charge in [0.05, 0.1) is 6.04 Å². The third kappa shape index (κ3) is 5.25. The molecule has 2 aromatic rings. The first-order valence-corrected chi connectivity index (χ1v) is 11.5. The second-order valence-electron chi connectivity index (χ2n) is 7.88. The Morgan fingerprint density at radius 2 is 1.91 bits per heavy atom. The highest BCUT2D eigenvalue weighted by molar-refractivity contribution is 7.90. The number of hydrogen-bond acceptors (Lipinski definition) is 7. The molecule has 8 nitrogen and oxygen atoms in total. The minimum atomic E-state index is -3.99. The van der Waals surface area contributed by atoms with E-state index in [0.29, 0.717) is 11.3 Å². The molecular formula is C22H25FN2O6S. The summed E-state index contributed by atoms with van der Waals surface area (Å²) >= 11 is 0. The Balaban J connectivity index is 1.93. The van der Waals surface area contributed by atoms with Crippen LogP contribution in [0.3, 0.4) is 0 Å². The van der Waals surface area contributed by atoms with Crippen molar-refractivity contribution >= 4 is 22.0 Å². The molecule has 10 heteroatoms. The Hall–Kier alpha value is -2.98. The van der Waals surface area contributed by atoms with E-state index >= 15 is 0 Å². The molecule has 32 heavy (non-hydrogen) atoms. The number of carbonyl (C=O) groups excluding carboxylic acids is 1. The third-order valence-corrected chi connectivity index (χ3v) is 6.83. The van der Waals surface area contributed by atoms with E-state index in [9.17, 15) is 22.7 Å². The molecule has 0 amide bonds. The van der Waals surface area contributed by atoms with Crippen LogP contribution in [-0.4, -0.2) is 37.7 Å². The van der Waals surface area contributed by atoms with E-state index in [1.54, 1.807) is 32.0 Å². The fourth-order valence-corrected chi connectivity index (χ4v) is 5.45. The molecule has 3 rings (SSSR count). The first kappa shape index (κ1) is 23.7. The van der Waals surface area contributed by atoms with Gasteiger partial charge in [0.1, 0.15) is 22.4 Å². The van der Waals surface area contributed by atoms with Crippen molar-refractivity contribution in [1.82, 2.24) is 4.72 Å². The van der Waals surface area contributed by atoms with Crippen molar-refractivity contribution in [2.24, 2.45) is 4.99 Å². The first-order chi connectivity index (χ1) is 15.0. The largest absolute Gasteiger partial charge is 0.457 e. The average Bonchev–Trinajstić information content (AvgIpc) is 2.67. The summed E-state index contributed by atoms with van der Waals surface area (Å²) in [5.74, 6) is -0.708. The molecule has 2 atom stereocenters. The number of halogens is 1. The molecule has 1 heterocycles. The molecule has 1 aliphatic heterocycles. The molecule has 1 saturated heterocycles. The molecule has 2 unspecified atom stereocenters. The number of aliphatic imine (C=N–C) groups is 1. The molecule has 0 aromatic heterocycles. The SMILES string of the molecule is CC(=O)Oc1ccc(C2C(C)(C)OC(=NC(CCO)c3ccccc3F)NS2(=O)=O)cc1. The van der Waals surface area contributed by atoms with Crippen LogP contribution < -0.4 is 9.46 Å². The van der Waals surface area contributed by atoms with Crippen LogP contribution in [0, 0.1) is 5.82 Å². The Morgan fingerprint density at radius 1 is 1.25 bits per heavy atom. The second kappa shape index (κ2) is 9.25. The zero-order valence-corrected chi connectivity index (χ0v) is 18.7. The van der Waals surface area contributed by atoms with Crippen LogP contribution in [0.2, 0.25) is 0 Å². The highest BCUT2D eigenvalue weighted by Crippen LogP contribution is 2.39. The third-order valence-electron chi connectivity index (χ3n) is 4.92. The lowest BCUT2D eigenvalue weighted by Crippen LogP contribution is -2.53. The smallest absolute Gasteiger partial charge is 0.308 e. The Bertz CT molecular complexity index is 1120. The van der Waals surface area contributed by atoms with Crippen LogP contribution in [0.25, 0.3) is 0 Å². The molecule has 1 aliphatic rings. The highest BCUT2D eigenvalue weighted by atomic mass is 32.2. The number of amidine groups is 1. The normalized spacial score (nSPS) is 21.3. The fraction of sp³-hybridized carbons (Fsp3) is 0.364. The molecule has 2 aromatic carbocycles. The van der Waals surface area contributed by atoms with Crippen LogP contribution >= 0.6 is 0 Å². The van der Waals surface area contributed by atoms with Gasteiger partial charge in [0, 0.05) is 19.1 Å². The van der Waals surface area contributed by atoms with Crippen molar-refractivity contribution in [3.63, 3.8) is 0 Å². The lowest BCUT2D eigenvalue weighted by atomic mass is 9.97. The number of ether oxygens (including phenoxy) is 2. The molecule has 1 fully saturated rings. The van der Waals surface area contributed by atoms with Crippen LogP contribution in [0.5, 0.6) is 5.75 Å². The van der Waals surface area contributed by atoms with Crippen molar-refractivity contribution in [2.45, 2.75) is 44.1 Å². The van der Waals surface area contributed by atoms with E-state index in [1.165, 1.54) is 37.3 Å². The summed E-state index contributed by atoms with van der Waals surface area (Å²) in [7, 11) is -3.99. The van der Waals surface area contributed by atoms with Crippen molar-refractivity contribution in [2.75, 3.05) is 6.61 Å². The Labute approximate surface area is 186 Å². The van der Waals surface area contributed by atoms with Gasteiger partial charge in [0.15, 0.2) is 0 Å². The molecule has 172 valence electrons. The predicted molar refractivity (Wildman–Crippen MR) is 116 cm³/mol. The highest BCUT2D eigenvalue weighted by Gasteiger charge is 2.48. The average molecular weight is 465 g/mol. The first-order valence-electron chi connectivity index (χ1n) is 9.95. The van der Waals surface area contributed by atoms with Gasteiger partial charge in [-0.25, -0.2) is 22.5 Å². The number of benzene rings is 2. The summed E-state index contributed by atoms with van der Waals surface area (Å²) in [6.07, 6.45) is 0.0803. The quantitative estimate of drug-likeness (QED) is 0.502. The minimum absolute atomic E-state index is 0.0803. The lowest BCUT2D eigenvalue weighted by molar-refractivity contribution is -0.131.